The standard InChI is InChI=1S/C11H10BrN3O2S/c12-7-4-6(10-14-11(13)18-15-10)5-8-9(7)17-3-1-2-16-8/h4-5H,1-3H2,(H2,13,14,15). The van der Waals surface area contributed by atoms with Crippen molar-refractivity contribution in [3.05, 3.63) is 16.6 Å². The van der Waals surface area contributed by atoms with E-state index in [1.54, 1.807) is 0 Å². The molecule has 1 aliphatic heterocycles. The molecule has 0 bridgehead atoms. The van der Waals surface area contributed by atoms with Crippen molar-refractivity contribution >= 4 is 32.6 Å². The zero-order valence-corrected chi connectivity index (χ0v) is 11.8. The van der Waals surface area contributed by atoms with Crippen LogP contribution in [0.5, 0.6) is 11.5 Å². The van der Waals surface area contributed by atoms with Crippen molar-refractivity contribution in [3.63, 3.8) is 0 Å². The average Bonchev–Trinajstić information content (AvgIpc) is 2.63. The van der Waals surface area contributed by atoms with Crippen LogP contribution in [0.15, 0.2) is 16.6 Å². The second kappa shape index (κ2) is 4.74. The Morgan fingerprint density at radius 1 is 1.28 bits per heavy atom. The van der Waals surface area contributed by atoms with Crippen molar-refractivity contribution in [1.82, 2.24) is 9.36 Å². The lowest BCUT2D eigenvalue weighted by Gasteiger charge is -2.10. The van der Waals surface area contributed by atoms with E-state index in [1.165, 1.54) is 11.5 Å². The third kappa shape index (κ3) is 2.15. The summed E-state index contributed by atoms with van der Waals surface area (Å²) in [6.45, 7) is 1.31. The fourth-order valence-electron chi connectivity index (χ4n) is 1.71. The van der Waals surface area contributed by atoms with Crippen LogP contribution in [0.1, 0.15) is 6.42 Å². The minimum Gasteiger partial charge on any atom is -0.489 e. The summed E-state index contributed by atoms with van der Waals surface area (Å²) < 4.78 is 16.3. The number of hydrogen-bond acceptors (Lipinski definition) is 6. The van der Waals surface area contributed by atoms with E-state index >= 15 is 0 Å². The highest BCUT2D eigenvalue weighted by Gasteiger charge is 2.17. The van der Waals surface area contributed by atoms with Crippen LogP contribution in [0.3, 0.4) is 0 Å². The summed E-state index contributed by atoms with van der Waals surface area (Å²) in [4.78, 5) is 4.16. The Labute approximate surface area is 116 Å². The first-order chi connectivity index (χ1) is 8.74. The SMILES string of the molecule is Nc1nc(-c2cc(Br)c3c(c2)OCCCO3)ns1. The van der Waals surface area contributed by atoms with Gasteiger partial charge in [-0.1, -0.05) is 0 Å². The van der Waals surface area contributed by atoms with Crippen molar-refractivity contribution in [1.29, 1.82) is 0 Å². The van der Waals surface area contributed by atoms with Gasteiger partial charge in [0.2, 0.25) is 0 Å². The molecule has 0 fully saturated rings. The number of fused-ring (bicyclic) bond motifs is 1. The lowest BCUT2D eigenvalue weighted by molar-refractivity contribution is 0.296. The molecule has 0 radical (unpaired) electrons. The number of nitrogen functional groups attached to an aromatic ring is 1. The van der Waals surface area contributed by atoms with Gasteiger partial charge >= 0.3 is 0 Å². The first-order valence-electron chi connectivity index (χ1n) is 5.43. The molecule has 94 valence electrons. The maximum Gasteiger partial charge on any atom is 0.200 e. The van der Waals surface area contributed by atoms with E-state index in [0.29, 0.717) is 29.9 Å². The number of ether oxygens (including phenoxy) is 2. The largest absolute Gasteiger partial charge is 0.489 e. The Morgan fingerprint density at radius 2 is 2.11 bits per heavy atom. The molecule has 0 aliphatic carbocycles. The molecule has 1 aliphatic rings. The maximum atomic E-state index is 5.66. The van der Waals surface area contributed by atoms with Gasteiger partial charge in [-0.2, -0.15) is 9.36 Å². The van der Waals surface area contributed by atoms with Crippen LogP contribution in [0, 0.1) is 0 Å². The van der Waals surface area contributed by atoms with Gasteiger partial charge in [0.15, 0.2) is 22.5 Å². The van der Waals surface area contributed by atoms with Gasteiger partial charge in [0, 0.05) is 23.5 Å². The molecule has 0 atom stereocenters. The summed E-state index contributed by atoms with van der Waals surface area (Å²) in [6.07, 6.45) is 0.873. The molecule has 7 heteroatoms. The third-order valence-corrected chi connectivity index (χ3v) is 3.63. The number of aromatic nitrogens is 2. The summed E-state index contributed by atoms with van der Waals surface area (Å²) in [5.74, 6) is 2.05. The lowest BCUT2D eigenvalue weighted by Crippen LogP contribution is -1.97. The summed E-state index contributed by atoms with van der Waals surface area (Å²) in [5, 5.41) is 0.452. The monoisotopic (exact) mass is 327 g/mol. The van der Waals surface area contributed by atoms with E-state index in [-0.39, 0.29) is 0 Å². The van der Waals surface area contributed by atoms with Gasteiger partial charge in [0.05, 0.1) is 17.7 Å². The maximum absolute atomic E-state index is 5.66. The molecule has 0 saturated carbocycles. The Kier molecular flexibility index (Phi) is 3.09. The Hall–Kier alpha value is -1.34. The molecule has 0 amide bonds. The molecular weight excluding hydrogens is 318 g/mol. The zero-order chi connectivity index (χ0) is 12.5. The van der Waals surface area contributed by atoms with Crippen LogP contribution < -0.4 is 15.2 Å². The number of anilines is 1. The van der Waals surface area contributed by atoms with Gasteiger partial charge < -0.3 is 15.2 Å². The van der Waals surface area contributed by atoms with E-state index in [0.717, 1.165) is 22.2 Å². The molecule has 0 saturated heterocycles. The van der Waals surface area contributed by atoms with E-state index in [1.807, 2.05) is 12.1 Å². The van der Waals surface area contributed by atoms with Gasteiger partial charge in [-0.3, -0.25) is 0 Å². The number of halogens is 1. The minimum atomic E-state index is 0.452. The van der Waals surface area contributed by atoms with Gasteiger partial charge in [0.25, 0.3) is 0 Å². The molecule has 2 heterocycles. The molecular formula is C11H10BrN3O2S. The molecule has 2 N–H and O–H groups in total. The van der Waals surface area contributed by atoms with Gasteiger partial charge in [-0.05, 0) is 28.1 Å². The molecule has 3 rings (SSSR count). The van der Waals surface area contributed by atoms with Crippen LogP contribution in [0.25, 0.3) is 11.4 Å². The number of rotatable bonds is 1. The summed E-state index contributed by atoms with van der Waals surface area (Å²) >= 11 is 4.66. The fourth-order valence-corrected chi connectivity index (χ4v) is 2.72. The predicted molar refractivity (Wildman–Crippen MR) is 73.1 cm³/mol. The van der Waals surface area contributed by atoms with Gasteiger partial charge in [-0.15, -0.1) is 0 Å². The van der Waals surface area contributed by atoms with E-state index in [4.69, 9.17) is 15.2 Å². The van der Waals surface area contributed by atoms with E-state index < -0.39 is 0 Å². The van der Waals surface area contributed by atoms with Gasteiger partial charge in [0.1, 0.15) is 0 Å². The summed E-state index contributed by atoms with van der Waals surface area (Å²) in [7, 11) is 0. The Morgan fingerprint density at radius 3 is 2.89 bits per heavy atom. The second-order valence-corrected chi connectivity index (χ2v) is 5.43. The Bertz CT molecular complexity index is 588. The van der Waals surface area contributed by atoms with Crippen LogP contribution in [-0.4, -0.2) is 22.6 Å². The number of hydrogen-bond donors (Lipinski definition) is 1. The second-order valence-electron chi connectivity index (χ2n) is 3.79. The first kappa shape index (κ1) is 11.7. The molecule has 0 spiro atoms. The van der Waals surface area contributed by atoms with Crippen LogP contribution in [-0.2, 0) is 0 Å². The van der Waals surface area contributed by atoms with Crippen molar-refractivity contribution in [2.75, 3.05) is 18.9 Å². The molecule has 5 nitrogen and oxygen atoms in total. The molecule has 0 unspecified atom stereocenters. The van der Waals surface area contributed by atoms with Crippen molar-refractivity contribution in [3.8, 4) is 22.9 Å². The predicted octanol–water partition coefficient (Wildman–Crippen LogP) is 2.71. The lowest BCUT2D eigenvalue weighted by atomic mass is 10.2. The number of nitrogens with zero attached hydrogens (tertiary/aromatic N) is 2. The average molecular weight is 328 g/mol. The van der Waals surface area contributed by atoms with Crippen molar-refractivity contribution in [2.45, 2.75) is 6.42 Å². The smallest absolute Gasteiger partial charge is 0.200 e. The van der Waals surface area contributed by atoms with Crippen LogP contribution in [0.4, 0.5) is 5.13 Å². The molecule has 1 aromatic carbocycles. The molecule has 18 heavy (non-hydrogen) atoms. The number of benzene rings is 1. The van der Waals surface area contributed by atoms with Crippen molar-refractivity contribution < 1.29 is 9.47 Å². The molecule has 1 aromatic heterocycles. The topological polar surface area (TPSA) is 70.3 Å². The summed E-state index contributed by atoms with van der Waals surface area (Å²) in [5.41, 5.74) is 6.45. The summed E-state index contributed by atoms with van der Waals surface area (Å²) in [6, 6.07) is 3.79. The molecule has 2 aromatic rings. The third-order valence-electron chi connectivity index (χ3n) is 2.50. The van der Waals surface area contributed by atoms with E-state index in [2.05, 4.69) is 25.3 Å². The van der Waals surface area contributed by atoms with E-state index in [9.17, 15) is 0 Å². The highest BCUT2D eigenvalue weighted by molar-refractivity contribution is 9.10. The van der Waals surface area contributed by atoms with Crippen molar-refractivity contribution in [2.24, 2.45) is 0 Å². The fraction of sp³-hybridized carbons (Fsp3) is 0.273. The minimum absolute atomic E-state index is 0.452. The number of nitrogens with two attached hydrogens (primary N) is 1. The Balaban J connectivity index is 2.07. The normalized spacial score (nSPS) is 14.3. The van der Waals surface area contributed by atoms with Crippen LogP contribution >= 0.6 is 27.5 Å². The van der Waals surface area contributed by atoms with Gasteiger partial charge in [-0.25, -0.2) is 0 Å². The highest BCUT2D eigenvalue weighted by atomic mass is 79.9. The zero-order valence-electron chi connectivity index (χ0n) is 9.35. The van der Waals surface area contributed by atoms with Crippen LogP contribution in [0.2, 0.25) is 0 Å². The first-order valence-corrected chi connectivity index (χ1v) is 6.99. The highest BCUT2D eigenvalue weighted by Crippen LogP contribution is 2.40. The quantitative estimate of drug-likeness (QED) is 0.872.